The summed E-state index contributed by atoms with van der Waals surface area (Å²) in [6.07, 6.45) is 3.07. The minimum absolute atomic E-state index is 0.199. The molecule has 3 aromatic rings. The first-order chi connectivity index (χ1) is 13.0. The third-order valence-corrected chi connectivity index (χ3v) is 3.60. The zero-order valence-electron chi connectivity index (χ0n) is 14.7. The molecule has 0 fully saturated rings. The second kappa shape index (κ2) is 8.09. The van der Waals surface area contributed by atoms with Gasteiger partial charge in [0.2, 0.25) is 5.88 Å². The van der Waals surface area contributed by atoms with E-state index in [0.29, 0.717) is 17.0 Å². The summed E-state index contributed by atoms with van der Waals surface area (Å²) in [4.78, 5) is 32.0. The van der Waals surface area contributed by atoms with Gasteiger partial charge in [0.1, 0.15) is 12.4 Å². The van der Waals surface area contributed by atoms with Gasteiger partial charge in [0.15, 0.2) is 5.82 Å². The first-order valence-corrected chi connectivity index (χ1v) is 7.98. The molecular formula is C18H17N5O4. The maximum absolute atomic E-state index is 12.4. The maximum atomic E-state index is 12.4. The van der Waals surface area contributed by atoms with Crippen molar-refractivity contribution in [2.24, 2.45) is 7.05 Å². The Bertz CT molecular complexity index is 1000. The number of aryl methyl sites for hydroxylation is 1. The molecule has 0 aliphatic rings. The Morgan fingerprint density at radius 3 is 2.74 bits per heavy atom. The molecule has 3 aromatic heterocycles. The molecule has 0 atom stereocenters. The van der Waals surface area contributed by atoms with Crippen LogP contribution in [0.25, 0.3) is 0 Å². The van der Waals surface area contributed by atoms with Crippen molar-refractivity contribution in [1.29, 1.82) is 0 Å². The predicted octanol–water partition coefficient (Wildman–Crippen LogP) is 1.41. The lowest BCUT2D eigenvalue weighted by Gasteiger charge is -2.08. The summed E-state index contributed by atoms with van der Waals surface area (Å²) in [5, 5.41) is 6.58. The third-order valence-electron chi connectivity index (χ3n) is 3.60. The van der Waals surface area contributed by atoms with Crippen LogP contribution in [0.2, 0.25) is 0 Å². The molecule has 0 aliphatic heterocycles. The molecule has 0 spiro atoms. The van der Waals surface area contributed by atoms with E-state index >= 15 is 0 Å². The van der Waals surface area contributed by atoms with Crippen LogP contribution in [0.3, 0.4) is 0 Å². The van der Waals surface area contributed by atoms with Gasteiger partial charge in [-0.05, 0) is 24.3 Å². The van der Waals surface area contributed by atoms with Crippen molar-refractivity contribution in [3.05, 3.63) is 70.4 Å². The van der Waals surface area contributed by atoms with Crippen molar-refractivity contribution in [3.8, 4) is 11.6 Å². The molecule has 0 unspecified atom stereocenters. The maximum Gasteiger partial charge on any atom is 0.266 e. The molecule has 1 amide bonds. The second-order valence-electron chi connectivity index (χ2n) is 5.50. The van der Waals surface area contributed by atoms with Gasteiger partial charge in [-0.1, -0.05) is 0 Å². The molecule has 0 saturated carbocycles. The highest BCUT2D eigenvalue weighted by atomic mass is 16.5. The van der Waals surface area contributed by atoms with Crippen molar-refractivity contribution in [1.82, 2.24) is 19.7 Å². The van der Waals surface area contributed by atoms with Gasteiger partial charge in [-0.2, -0.15) is 5.10 Å². The smallest absolute Gasteiger partial charge is 0.266 e. The number of amides is 1. The largest absolute Gasteiger partial charge is 0.495 e. The van der Waals surface area contributed by atoms with E-state index in [1.54, 1.807) is 31.5 Å². The Balaban J connectivity index is 1.65. The number of nitrogens with zero attached hydrogens (tertiary/aromatic N) is 4. The van der Waals surface area contributed by atoms with Crippen LogP contribution in [0.5, 0.6) is 11.6 Å². The molecule has 0 aromatic carbocycles. The van der Waals surface area contributed by atoms with Crippen molar-refractivity contribution in [2.45, 2.75) is 6.61 Å². The van der Waals surface area contributed by atoms with E-state index in [1.165, 1.54) is 31.4 Å². The first-order valence-electron chi connectivity index (χ1n) is 7.98. The first kappa shape index (κ1) is 18.1. The Morgan fingerprint density at radius 1 is 1.19 bits per heavy atom. The molecule has 0 saturated heterocycles. The molecule has 3 rings (SSSR count). The van der Waals surface area contributed by atoms with Crippen molar-refractivity contribution in [2.75, 3.05) is 12.4 Å². The molecule has 1 N–H and O–H groups in total. The standard InChI is InChI=1S/C18H17N5O4/c1-23-17(24)6-5-15(22-23)21-18(25)12-7-8-19-16(9-12)27-11-13-3-4-14(26-2)10-20-13/h3-10H,11H2,1-2H3,(H,21,22,25). The van der Waals surface area contributed by atoms with Crippen LogP contribution >= 0.6 is 0 Å². The van der Waals surface area contributed by atoms with E-state index in [4.69, 9.17) is 9.47 Å². The van der Waals surface area contributed by atoms with E-state index < -0.39 is 5.91 Å². The lowest BCUT2D eigenvalue weighted by molar-refractivity contribution is 0.102. The normalized spacial score (nSPS) is 10.3. The number of anilines is 1. The average molecular weight is 367 g/mol. The van der Waals surface area contributed by atoms with Crippen LogP contribution in [0.1, 0.15) is 16.1 Å². The summed E-state index contributed by atoms with van der Waals surface area (Å²) in [6, 6.07) is 9.39. The van der Waals surface area contributed by atoms with Gasteiger partial charge < -0.3 is 14.8 Å². The van der Waals surface area contributed by atoms with Gasteiger partial charge in [0, 0.05) is 30.9 Å². The number of carbonyl (C=O) groups is 1. The van der Waals surface area contributed by atoms with Crippen molar-refractivity contribution >= 4 is 11.7 Å². The zero-order valence-corrected chi connectivity index (χ0v) is 14.7. The highest BCUT2D eigenvalue weighted by Gasteiger charge is 2.10. The Hall–Kier alpha value is -3.75. The van der Waals surface area contributed by atoms with Gasteiger partial charge in [-0.3, -0.25) is 14.6 Å². The molecular weight excluding hydrogens is 350 g/mol. The molecule has 9 heteroatoms. The number of pyridine rings is 2. The monoisotopic (exact) mass is 367 g/mol. The second-order valence-corrected chi connectivity index (χ2v) is 5.50. The summed E-state index contributed by atoms with van der Waals surface area (Å²) in [5.74, 6) is 0.816. The number of ether oxygens (including phenoxy) is 2. The number of carbonyl (C=O) groups excluding carboxylic acids is 1. The minimum atomic E-state index is -0.393. The Morgan fingerprint density at radius 2 is 2.04 bits per heavy atom. The minimum Gasteiger partial charge on any atom is -0.495 e. The number of nitrogens with one attached hydrogen (secondary N) is 1. The van der Waals surface area contributed by atoms with Gasteiger partial charge in [-0.25, -0.2) is 9.67 Å². The number of hydrogen-bond acceptors (Lipinski definition) is 7. The van der Waals surface area contributed by atoms with Crippen LogP contribution in [0.4, 0.5) is 5.82 Å². The van der Waals surface area contributed by atoms with Gasteiger partial charge >= 0.3 is 0 Å². The lowest BCUT2D eigenvalue weighted by atomic mass is 10.2. The van der Waals surface area contributed by atoms with Crippen LogP contribution in [0.15, 0.2) is 53.6 Å². The van der Waals surface area contributed by atoms with E-state index in [-0.39, 0.29) is 23.9 Å². The molecule has 138 valence electrons. The predicted molar refractivity (Wildman–Crippen MR) is 96.8 cm³/mol. The summed E-state index contributed by atoms with van der Waals surface area (Å²) >= 11 is 0. The van der Waals surface area contributed by atoms with E-state index in [9.17, 15) is 9.59 Å². The van der Waals surface area contributed by atoms with Crippen LogP contribution < -0.4 is 20.3 Å². The average Bonchev–Trinajstić information content (AvgIpc) is 2.70. The highest BCUT2D eigenvalue weighted by molar-refractivity contribution is 6.03. The molecule has 27 heavy (non-hydrogen) atoms. The fourth-order valence-electron chi connectivity index (χ4n) is 2.15. The van der Waals surface area contributed by atoms with Crippen LogP contribution in [-0.2, 0) is 13.7 Å². The zero-order chi connectivity index (χ0) is 19.2. The summed E-state index contributed by atoms with van der Waals surface area (Å²) < 4.78 is 11.8. The topological polar surface area (TPSA) is 108 Å². The van der Waals surface area contributed by atoms with Crippen molar-refractivity contribution in [3.63, 3.8) is 0 Å². The quantitative estimate of drug-likeness (QED) is 0.702. The number of hydrogen-bond donors (Lipinski definition) is 1. The SMILES string of the molecule is COc1ccc(COc2cc(C(=O)Nc3ccc(=O)n(C)n3)ccn2)nc1. The molecule has 0 aliphatic carbocycles. The number of rotatable bonds is 6. The summed E-state index contributed by atoms with van der Waals surface area (Å²) in [7, 11) is 3.07. The molecule has 3 heterocycles. The fourth-order valence-corrected chi connectivity index (χ4v) is 2.15. The van der Waals surface area contributed by atoms with Crippen LogP contribution in [0, 0.1) is 0 Å². The van der Waals surface area contributed by atoms with E-state index in [2.05, 4.69) is 20.4 Å². The Kier molecular flexibility index (Phi) is 5.41. The molecule has 9 nitrogen and oxygen atoms in total. The lowest BCUT2D eigenvalue weighted by Crippen LogP contribution is -2.21. The Labute approximate surface area is 154 Å². The van der Waals surface area contributed by atoms with E-state index in [0.717, 1.165) is 4.68 Å². The van der Waals surface area contributed by atoms with Crippen LogP contribution in [-0.4, -0.2) is 32.8 Å². The van der Waals surface area contributed by atoms with Crippen molar-refractivity contribution < 1.29 is 14.3 Å². The van der Waals surface area contributed by atoms with Gasteiger partial charge in [-0.15, -0.1) is 0 Å². The molecule has 0 bridgehead atoms. The van der Waals surface area contributed by atoms with Gasteiger partial charge in [0.05, 0.1) is 19.0 Å². The highest BCUT2D eigenvalue weighted by Crippen LogP contribution is 2.14. The summed E-state index contributed by atoms with van der Waals surface area (Å²) in [5.41, 5.74) is 0.778. The van der Waals surface area contributed by atoms with Gasteiger partial charge in [0.25, 0.3) is 11.5 Å². The fraction of sp³-hybridized carbons (Fsp3) is 0.167. The number of aromatic nitrogens is 4. The third kappa shape index (κ3) is 4.66. The number of methoxy groups -OCH3 is 1. The molecule has 0 radical (unpaired) electrons. The summed E-state index contributed by atoms with van der Waals surface area (Å²) in [6.45, 7) is 0.199. The van der Waals surface area contributed by atoms with E-state index in [1.807, 2.05) is 0 Å².